The summed E-state index contributed by atoms with van der Waals surface area (Å²) >= 11 is 0. The third-order valence-corrected chi connectivity index (χ3v) is 4.68. The van der Waals surface area contributed by atoms with Crippen LogP contribution >= 0.6 is 0 Å². The minimum atomic E-state index is -3.30. The zero-order valence-electron chi connectivity index (χ0n) is 15.3. The quantitative estimate of drug-likeness (QED) is 0.233. The zero-order chi connectivity index (χ0) is 24.2. The highest BCUT2D eigenvalue weighted by Gasteiger charge is 2.42. The molecule has 3 rings (SSSR count). The standard InChI is InChI=1S/C19H5BF12/c1-4-12(25)18(31)11(19(32)13(4)26)20(9-5(21)2-7(23)14(27)16(9)29)10-6(22)3-8(24)15(28)17(10)30/h2-3H,1H3. The van der Waals surface area contributed by atoms with Gasteiger partial charge in [0, 0.05) is 34.1 Å². The summed E-state index contributed by atoms with van der Waals surface area (Å²) in [6.45, 7) is -2.77. The predicted octanol–water partition coefficient (Wildman–Crippen LogP) is 4.18. The SMILES string of the molecule is Cc1c(F)c(F)c(B(c2c(F)cc(F)c(F)c2F)c2c(F)cc(F)c(F)c2F)c(F)c1F. The highest BCUT2D eigenvalue weighted by atomic mass is 19.2. The van der Waals surface area contributed by atoms with Crippen LogP contribution in [0.4, 0.5) is 52.7 Å². The molecule has 0 bridgehead atoms. The maximum Gasteiger partial charge on any atom is 0.264 e. The van der Waals surface area contributed by atoms with E-state index >= 15 is 0 Å². The fourth-order valence-corrected chi connectivity index (χ4v) is 3.13. The summed E-state index contributed by atoms with van der Waals surface area (Å²) in [6, 6.07) is -0.791. The van der Waals surface area contributed by atoms with Crippen molar-refractivity contribution < 1.29 is 52.7 Å². The zero-order valence-corrected chi connectivity index (χ0v) is 15.3. The number of benzene rings is 3. The lowest BCUT2D eigenvalue weighted by molar-refractivity contribution is 0.437. The van der Waals surface area contributed by atoms with Gasteiger partial charge < -0.3 is 0 Å². The fraction of sp³-hybridized carbons (Fsp3) is 0.0526. The topological polar surface area (TPSA) is 0 Å². The molecule has 0 radical (unpaired) electrons. The van der Waals surface area contributed by atoms with E-state index in [0.717, 1.165) is 0 Å². The number of hydrogen-bond acceptors (Lipinski definition) is 0. The molecule has 0 saturated heterocycles. The Bertz CT molecular complexity index is 1180. The van der Waals surface area contributed by atoms with Crippen molar-refractivity contribution in [3.63, 3.8) is 0 Å². The molecule has 0 nitrogen and oxygen atoms in total. The molecule has 32 heavy (non-hydrogen) atoms. The Balaban J connectivity index is 2.60. The average molecular weight is 472 g/mol. The van der Waals surface area contributed by atoms with Crippen LogP contribution in [-0.2, 0) is 0 Å². The molecule has 0 aliphatic carbocycles. The van der Waals surface area contributed by atoms with Gasteiger partial charge in [-0.2, -0.15) is 0 Å². The van der Waals surface area contributed by atoms with Crippen molar-refractivity contribution in [3.8, 4) is 0 Å². The Morgan fingerprint density at radius 1 is 0.406 bits per heavy atom. The van der Waals surface area contributed by atoms with E-state index in [1.54, 1.807) is 0 Å². The summed E-state index contributed by atoms with van der Waals surface area (Å²) < 4.78 is 169. The number of hydrogen-bond donors (Lipinski definition) is 0. The largest absolute Gasteiger partial charge is 0.264 e. The van der Waals surface area contributed by atoms with E-state index in [1.165, 1.54) is 0 Å². The van der Waals surface area contributed by atoms with Gasteiger partial charge in [0.1, 0.15) is 11.6 Å². The second-order valence-electron chi connectivity index (χ2n) is 6.49. The molecule has 0 aliphatic heterocycles. The van der Waals surface area contributed by atoms with Crippen molar-refractivity contribution >= 4 is 23.1 Å². The summed E-state index contributed by atoms with van der Waals surface area (Å²) in [6.07, 6.45) is 0. The Kier molecular flexibility index (Phi) is 5.96. The van der Waals surface area contributed by atoms with Crippen molar-refractivity contribution in [2.75, 3.05) is 0 Å². The molecule has 0 spiro atoms. The normalized spacial score (nSPS) is 11.3. The van der Waals surface area contributed by atoms with Crippen LogP contribution in [0, 0.1) is 76.7 Å². The molecular weight excluding hydrogens is 467 g/mol. The van der Waals surface area contributed by atoms with Gasteiger partial charge in [0.15, 0.2) is 58.2 Å². The first-order chi connectivity index (χ1) is 14.8. The molecule has 13 heteroatoms. The molecule has 3 aromatic carbocycles. The molecule has 0 fully saturated rings. The van der Waals surface area contributed by atoms with Crippen molar-refractivity contribution in [2.45, 2.75) is 6.92 Å². The third-order valence-electron chi connectivity index (χ3n) is 4.68. The van der Waals surface area contributed by atoms with Crippen LogP contribution < -0.4 is 16.4 Å². The molecule has 0 saturated carbocycles. The molecule has 168 valence electrons. The van der Waals surface area contributed by atoms with Crippen LogP contribution in [0.2, 0.25) is 0 Å². The fourth-order valence-electron chi connectivity index (χ4n) is 3.13. The van der Waals surface area contributed by atoms with E-state index in [1.807, 2.05) is 0 Å². The first-order valence-corrected chi connectivity index (χ1v) is 8.29. The van der Waals surface area contributed by atoms with E-state index < -0.39 is 111 Å². The summed E-state index contributed by atoms with van der Waals surface area (Å²) in [5.41, 5.74) is -7.47. The van der Waals surface area contributed by atoms with Gasteiger partial charge in [0.05, 0.1) is 0 Å². The van der Waals surface area contributed by atoms with E-state index in [9.17, 15) is 52.7 Å². The van der Waals surface area contributed by atoms with Gasteiger partial charge in [0.25, 0.3) is 6.71 Å². The van der Waals surface area contributed by atoms with Gasteiger partial charge in [0.2, 0.25) is 0 Å². The molecule has 3 aromatic rings. The Hall–Kier alpha value is -3.12. The van der Waals surface area contributed by atoms with Crippen LogP contribution in [0.5, 0.6) is 0 Å². The number of halogens is 12. The van der Waals surface area contributed by atoms with Gasteiger partial charge in [-0.15, -0.1) is 0 Å². The molecule has 0 unspecified atom stereocenters. The van der Waals surface area contributed by atoms with Gasteiger partial charge in [-0.25, -0.2) is 52.7 Å². The van der Waals surface area contributed by atoms with E-state index in [-0.39, 0.29) is 0 Å². The molecule has 0 aliphatic rings. The molecule has 0 atom stereocenters. The van der Waals surface area contributed by atoms with Gasteiger partial charge in [-0.05, 0) is 6.92 Å². The molecule has 0 aromatic heterocycles. The summed E-state index contributed by atoms with van der Waals surface area (Å²) in [4.78, 5) is 0. The maximum atomic E-state index is 14.6. The van der Waals surface area contributed by atoms with E-state index in [0.29, 0.717) is 6.92 Å². The van der Waals surface area contributed by atoms with Crippen molar-refractivity contribution in [3.05, 3.63) is 87.5 Å². The molecule has 0 N–H and O–H groups in total. The average Bonchev–Trinajstić information content (AvgIpc) is 2.73. The van der Waals surface area contributed by atoms with Crippen LogP contribution in [0.3, 0.4) is 0 Å². The van der Waals surface area contributed by atoms with Crippen molar-refractivity contribution in [2.24, 2.45) is 0 Å². The van der Waals surface area contributed by atoms with Crippen molar-refractivity contribution in [1.82, 2.24) is 0 Å². The summed E-state index contributed by atoms with van der Waals surface area (Å²) in [5.74, 6) is -28.2. The van der Waals surface area contributed by atoms with E-state index in [2.05, 4.69) is 0 Å². The lowest BCUT2D eigenvalue weighted by Crippen LogP contribution is -2.60. The second kappa shape index (κ2) is 8.10. The third kappa shape index (κ3) is 3.39. The Morgan fingerprint density at radius 2 is 0.719 bits per heavy atom. The second-order valence-corrected chi connectivity index (χ2v) is 6.49. The first kappa shape index (κ1) is 23.5. The van der Waals surface area contributed by atoms with Gasteiger partial charge in [-0.1, -0.05) is 0 Å². The smallest absolute Gasteiger partial charge is 0.207 e. The summed E-state index contributed by atoms with van der Waals surface area (Å²) in [7, 11) is 0. The Labute approximate surface area is 171 Å². The van der Waals surface area contributed by atoms with Crippen LogP contribution in [-0.4, -0.2) is 6.71 Å². The molecular formula is C19H5BF12. The highest BCUT2D eigenvalue weighted by molar-refractivity contribution is 6.95. The minimum Gasteiger partial charge on any atom is -0.207 e. The van der Waals surface area contributed by atoms with Crippen LogP contribution in [0.1, 0.15) is 5.56 Å². The van der Waals surface area contributed by atoms with E-state index in [4.69, 9.17) is 0 Å². The lowest BCUT2D eigenvalue weighted by Gasteiger charge is -2.21. The van der Waals surface area contributed by atoms with Gasteiger partial charge in [-0.3, -0.25) is 0 Å². The Morgan fingerprint density at radius 3 is 1.06 bits per heavy atom. The molecule has 0 heterocycles. The maximum absolute atomic E-state index is 14.6. The molecule has 0 amide bonds. The lowest BCUT2D eigenvalue weighted by atomic mass is 9.36. The predicted molar refractivity (Wildman–Crippen MR) is 88.2 cm³/mol. The van der Waals surface area contributed by atoms with Gasteiger partial charge >= 0.3 is 0 Å². The minimum absolute atomic E-state index is 0.396. The monoisotopic (exact) mass is 472 g/mol. The van der Waals surface area contributed by atoms with Crippen LogP contribution in [0.25, 0.3) is 0 Å². The number of rotatable bonds is 3. The van der Waals surface area contributed by atoms with Crippen LogP contribution in [0.15, 0.2) is 12.1 Å². The summed E-state index contributed by atoms with van der Waals surface area (Å²) in [5, 5.41) is 0. The first-order valence-electron chi connectivity index (χ1n) is 8.29. The highest BCUT2D eigenvalue weighted by Crippen LogP contribution is 2.21. The van der Waals surface area contributed by atoms with Crippen molar-refractivity contribution in [1.29, 1.82) is 0 Å².